The van der Waals surface area contributed by atoms with Crippen molar-refractivity contribution in [3.8, 4) is 0 Å². The zero-order valence-electron chi connectivity index (χ0n) is 5.18. The molecule has 0 rings (SSSR count). The maximum absolute atomic E-state index is 4.20. The lowest BCUT2D eigenvalue weighted by molar-refractivity contribution is 0.414. The van der Waals surface area contributed by atoms with Crippen LogP contribution >= 0.6 is 12.6 Å². The Morgan fingerprint density at radius 1 is 1.57 bits per heavy atom. The van der Waals surface area contributed by atoms with Gasteiger partial charge in [0.25, 0.3) is 0 Å². The summed E-state index contributed by atoms with van der Waals surface area (Å²) in [6.45, 7) is 3.15. The third kappa shape index (κ3) is 6.31. The van der Waals surface area contributed by atoms with Gasteiger partial charge in [-0.15, -0.1) is 0 Å². The maximum Gasteiger partial charge on any atom is 0.0116 e. The molecule has 7 heavy (non-hydrogen) atoms. The van der Waals surface area contributed by atoms with Gasteiger partial charge in [0.05, 0.1) is 0 Å². The lowest BCUT2D eigenvalue weighted by Gasteiger charge is -2.10. The van der Waals surface area contributed by atoms with Crippen LogP contribution in [0.3, 0.4) is 0 Å². The van der Waals surface area contributed by atoms with Crippen molar-refractivity contribution in [1.82, 2.24) is 4.90 Å². The zero-order chi connectivity index (χ0) is 5.86. The molecule has 0 heterocycles. The Morgan fingerprint density at radius 3 is 2.00 bits per heavy atom. The lowest BCUT2D eigenvalue weighted by Crippen LogP contribution is -2.19. The van der Waals surface area contributed by atoms with Crippen molar-refractivity contribution in [3.63, 3.8) is 0 Å². The first-order valence-corrected chi connectivity index (χ1v) is 2.97. The van der Waals surface area contributed by atoms with Crippen molar-refractivity contribution in [1.29, 1.82) is 0 Å². The van der Waals surface area contributed by atoms with E-state index in [4.69, 9.17) is 0 Å². The van der Waals surface area contributed by atoms with E-state index < -0.39 is 0 Å². The van der Waals surface area contributed by atoms with Gasteiger partial charge in [0.15, 0.2) is 0 Å². The van der Waals surface area contributed by atoms with E-state index in [0.29, 0.717) is 5.25 Å². The SMILES string of the molecule is C[C@@H](S)CN(C)C. The first-order chi connectivity index (χ1) is 3.13. The molecule has 0 N–H and O–H groups in total. The van der Waals surface area contributed by atoms with Gasteiger partial charge >= 0.3 is 0 Å². The van der Waals surface area contributed by atoms with Crippen molar-refractivity contribution in [2.75, 3.05) is 20.6 Å². The molecule has 1 atom stereocenters. The minimum Gasteiger partial charge on any atom is -0.308 e. The van der Waals surface area contributed by atoms with Gasteiger partial charge in [-0.25, -0.2) is 0 Å². The summed E-state index contributed by atoms with van der Waals surface area (Å²) in [5, 5.41) is 0.495. The van der Waals surface area contributed by atoms with Crippen LogP contribution in [-0.4, -0.2) is 30.8 Å². The topological polar surface area (TPSA) is 3.24 Å². The van der Waals surface area contributed by atoms with E-state index >= 15 is 0 Å². The van der Waals surface area contributed by atoms with Gasteiger partial charge in [-0.05, 0) is 14.1 Å². The van der Waals surface area contributed by atoms with Crippen molar-refractivity contribution in [3.05, 3.63) is 0 Å². The molecule has 0 fully saturated rings. The Kier molecular flexibility index (Phi) is 3.48. The highest BCUT2D eigenvalue weighted by Crippen LogP contribution is 1.91. The molecule has 0 aromatic rings. The molecular formula is C5H13NS. The highest BCUT2D eigenvalue weighted by Gasteiger charge is 1.93. The molecular weight excluding hydrogens is 106 g/mol. The summed E-state index contributed by atoms with van der Waals surface area (Å²) in [5.41, 5.74) is 0. The van der Waals surface area contributed by atoms with Gasteiger partial charge in [-0.2, -0.15) is 12.6 Å². The van der Waals surface area contributed by atoms with Crippen molar-refractivity contribution >= 4 is 12.6 Å². The van der Waals surface area contributed by atoms with Gasteiger partial charge in [-0.1, -0.05) is 6.92 Å². The summed E-state index contributed by atoms with van der Waals surface area (Å²) in [5.74, 6) is 0. The second-order valence-electron chi connectivity index (χ2n) is 2.11. The van der Waals surface area contributed by atoms with Crippen LogP contribution in [0, 0.1) is 0 Å². The summed E-state index contributed by atoms with van der Waals surface area (Å²) in [6.07, 6.45) is 0. The van der Waals surface area contributed by atoms with Gasteiger partial charge in [0.2, 0.25) is 0 Å². The fourth-order valence-corrected chi connectivity index (χ4v) is 0.855. The molecule has 1 nitrogen and oxygen atoms in total. The van der Waals surface area contributed by atoms with Crippen LogP contribution in [0.4, 0.5) is 0 Å². The largest absolute Gasteiger partial charge is 0.308 e. The molecule has 0 saturated carbocycles. The van der Waals surface area contributed by atoms with E-state index in [1.54, 1.807) is 0 Å². The van der Waals surface area contributed by atoms with E-state index in [1.165, 1.54) is 0 Å². The number of thiol groups is 1. The minimum atomic E-state index is 0.495. The maximum atomic E-state index is 4.20. The Bertz CT molecular complexity index is 37.3. The van der Waals surface area contributed by atoms with Gasteiger partial charge in [0, 0.05) is 11.8 Å². The average molecular weight is 119 g/mol. The number of rotatable bonds is 2. The smallest absolute Gasteiger partial charge is 0.0116 e. The first kappa shape index (κ1) is 7.31. The predicted octanol–water partition coefficient (Wildman–Crippen LogP) is 0.866. The average Bonchev–Trinajstić information content (AvgIpc) is 1.27. The third-order valence-corrected chi connectivity index (χ3v) is 0.793. The van der Waals surface area contributed by atoms with Crippen LogP contribution in [0.1, 0.15) is 6.92 Å². The number of hydrogen-bond donors (Lipinski definition) is 1. The van der Waals surface area contributed by atoms with Crippen LogP contribution in [0.2, 0.25) is 0 Å². The molecule has 0 aromatic carbocycles. The Labute approximate surface area is 51.1 Å². The molecule has 0 aliphatic heterocycles. The van der Waals surface area contributed by atoms with Crippen LogP contribution in [0.25, 0.3) is 0 Å². The van der Waals surface area contributed by atoms with Crippen molar-refractivity contribution in [2.45, 2.75) is 12.2 Å². The molecule has 0 aliphatic rings. The molecule has 0 aliphatic carbocycles. The fraction of sp³-hybridized carbons (Fsp3) is 1.00. The van der Waals surface area contributed by atoms with E-state index in [0.717, 1.165) is 6.54 Å². The monoisotopic (exact) mass is 119 g/mol. The summed E-state index contributed by atoms with van der Waals surface area (Å²) in [7, 11) is 4.10. The van der Waals surface area contributed by atoms with E-state index in [1.807, 2.05) is 14.1 Å². The van der Waals surface area contributed by atoms with Gasteiger partial charge in [0.1, 0.15) is 0 Å². The minimum absolute atomic E-state index is 0.495. The molecule has 2 heteroatoms. The van der Waals surface area contributed by atoms with Crippen molar-refractivity contribution in [2.24, 2.45) is 0 Å². The summed E-state index contributed by atoms with van der Waals surface area (Å²) in [4.78, 5) is 2.12. The third-order valence-electron chi connectivity index (χ3n) is 0.629. The molecule has 0 aromatic heterocycles. The lowest BCUT2D eigenvalue weighted by atomic mass is 10.4. The molecule has 0 radical (unpaired) electrons. The van der Waals surface area contributed by atoms with Crippen LogP contribution in [-0.2, 0) is 0 Å². The van der Waals surface area contributed by atoms with Crippen molar-refractivity contribution < 1.29 is 0 Å². The second-order valence-corrected chi connectivity index (χ2v) is 2.99. The summed E-state index contributed by atoms with van der Waals surface area (Å²) < 4.78 is 0. The number of nitrogens with zero attached hydrogens (tertiary/aromatic N) is 1. The van der Waals surface area contributed by atoms with Gasteiger partial charge in [-0.3, -0.25) is 0 Å². The van der Waals surface area contributed by atoms with Crippen LogP contribution < -0.4 is 0 Å². The normalized spacial score (nSPS) is 15.0. The highest BCUT2D eigenvalue weighted by molar-refractivity contribution is 7.80. The molecule has 44 valence electrons. The van der Waals surface area contributed by atoms with E-state index in [-0.39, 0.29) is 0 Å². The molecule has 0 spiro atoms. The van der Waals surface area contributed by atoms with E-state index in [9.17, 15) is 0 Å². The fourth-order valence-electron chi connectivity index (χ4n) is 0.528. The zero-order valence-corrected chi connectivity index (χ0v) is 6.07. The first-order valence-electron chi connectivity index (χ1n) is 2.45. The molecule has 0 unspecified atom stereocenters. The Hall–Kier alpha value is 0.310. The highest BCUT2D eigenvalue weighted by atomic mass is 32.1. The molecule has 0 bridgehead atoms. The summed E-state index contributed by atoms with van der Waals surface area (Å²) >= 11 is 4.20. The molecule has 0 saturated heterocycles. The summed E-state index contributed by atoms with van der Waals surface area (Å²) in [6, 6.07) is 0. The Morgan fingerprint density at radius 2 is 2.00 bits per heavy atom. The molecule has 0 amide bonds. The quantitative estimate of drug-likeness (QED) is 0.528. The second kappa shape index (κ2) is 3.33. The Balaban J connectivity index is 2.95. The number of hydrogen-bond acceptors (Lipinski definition) is 2. The van der Waals surface area contributed by atoms with Gasteiger partial charge < -0.3 is 4.90 Å². The predicted molar refractivity (Wildman–Crippen MR) is 37.0 cm³/mol. The standard InChI is InChI=1S/C5H13NS/c1-5(7)4-6(2)3/h5,7H,4H2,1-3H3/t5-/m1/s1. The van der Waals surface area contributed by atoms with Crippen LogP contribution in [0.15, 0.2) is 0 Å². The van der Waals surface area contributed by atoms with Crippen LogP contribution in [0.5, 0.6) is 0 Å². The van der Waals surface area contributed by atoms with E-state index in [2.05, 4.69) is 24.5 Å².